The van der Waals surface area contributed by atoms with Gasteiger partial charge in [-0.3, -0.25) is 4.68 Å². The maximum absolute atomic E-state index is 9.82. The molecule has 0 aliphatic carbocycles. The summed E-state index contributed by atoms with van der Waals surface area (Å²) in [5.74, 6) is 0. The molecular formula is C11H12BrIN2O. The van der Waals surface area contributed by atoms with Crippen molar-refractivity contribution in [1.29, 1.82) is 0 Å². The molecule has 0 atom stereocenters. The van der Waals surface area contributed by atoms with Gasteiger partial charge in [0.25, 0.3) is 0 Å². The summed E-state index contributed by atoms with van der Waals surface area (Å²) in [6.45, 7) is 4.04. The maximum Gasteiger partial charge on any atom is 0.0826 e. The highest BCUT2D eigenvalue weighted by Gasteiger charge is 2.17. The summed E-state index contributed by atoms with van der Waals surface area (Å²) in [6, 6.07) is 4.12. The van der Waals surface area contributed by atoms with Gasteiger partial charge in [0.2, 0.25) is 0 Å². The molecule has 1 aromatic carbocycles. The van der Waals surface area contributed by atoms with Crippen molar-refractivity contribution >= 4 is 49.4 Å². The fraction of sp³-hybridized carbons (Fsp3) is 0.364. The lowest BCUT2D eigenvalue weighted by molar-refractivity contribution is 0.0591. The van der Waals surface area contributed by atoms with E-state index in [0.717, 1.165) is 15.4 Å². The van der Waals surface area contributed by atoms with Crippen LogP contribution in [0.4, 0.5) is 0 Å². The van der Waals surface area contributed by atoms with Crippen LogP contribution in [-0.2, 0) is 6.54 Å². The van der Waals surface area contributed by atoms with Gasteiger partial charge in [-0.05, 0) is 64.5 Å². The zero-order chi connectivity index (χ0) is 11.9. The number of fused-ring (bicyclic) bond motifs is 1. The van der Waals surface area contributed by atoms with Crippen LogP contribution in [0.15, 0.2) is 22.8 Å². The number of benzene rings is 1. The Kier molecular flexibility index (Phi) is 3.29. The molecule has 2 aromatic rings. The molecule has 1 heterocycles. The zero-order valence-electron chi connectivity index (χ0n) is 9.04. The van der Waals surface area contributed by atoms with Crippen molar-refractivity contribution in [2.45, 2.75) is 26.0 Å². The van der Waals surface area contributed by atoms with Crippen LogP contribution in [0.2, 0.25) is 0 Å². The highest BCUT2D eigenvalue weighted by atomic mass is 127. The number of hydrogen-bond donors (Lipinski definition) is 1. The predicted molar refractivity (Wildman–Crippen MR) is 76.4 cm³/mol. The van der Waals surface area contributed by atoms with Crippen molar-refractivity contribution in [3.8, 4) is 0 Å². The minimum absolute atomic E-state index is 0.482. The lowest BCUT2D eigenvalue weighted by Crippen LogP contribution is -2.26. The quantitative estimate of drug-likeness (QED) is 0.794. The van der Waals surface area contributed by atoms with E-state index in [1.807, 2.05) is 16.9 Å². The Labute approximate surface area is 116 Å². The van der Waals surface area contributed by atoms with Gasteiger partial charge in [0, 0.05) is 13.4 Å². The standard InChI is InChI=1S/C11H12BrIN2O/c1-11(2,16)6-15-10-7(5-14-15)3-8(13)4-9(10)12/h3-5,16H,6H2,1-2H3. The van der Waals surface area contributed by atoms with Gasteiger partial charge in [0.1, 0.15) is 0 Å². The summed E-state index contributed by atoms with van der Waals surface area (Å²) in [7, 11) is 0. The Balaban J connectivity index is 2.56. The average Bonchev–Trinajstić information content (AvgIpc) is 2.44. The molecule has 0 radical (unpaired) electrons. The number of aliphatic hydroxyl groups is 1. The van der Waals surface area contributed by atoms with E-state index in [2.05, 4.69) is 49.7 Å². The molecule has 86 valence electrons. The van der Waals surface area contributed by atoms with E-state index in [4.69, 9.17) is 0 Å². The molecular weight excluding hydrogens is 383 g/mol. The van der Waals surface area contributed by atoms with E-state index in [-0.39, 0.29) is 0 Å². The van der Waals surface area contributed by atoms with Crippen LogP contribution < -0.4 is 0 Å². The molecule has 0 unspecified atom stereocenters. The second kappa shape index (κ2) is 4.27. The van der Waals surface area contributed by atoms with Gasteiger partial charge in [-0.15, -0.1) is 0 Å². The number of halogens is 2. The maximum atomic E-state index is 9.82. The van der Waals surface area contributed by atoms with Crippen molar-refractivity contribution in [2.24, 2.45) is 0 Å². The van der Waals surface area contributed by atoms with Crippen molar-refractivity contribution in [1.82, 2.24) is 9.78 Å². The van der Waals surface area contributed by atoms with Crippen LogP contribution in [0, 0.1) is 3.57 Å². The third-order valence-electron chi connectivity index (χ3n) is 2.19. The minimum Gasteiger partial charge on any atom is -0.389 e. The van der Waals surface area contributed by atoms with E-state index in [1.54, 1.807) is 13.8 Å². The van der Waals surface area contributed by atoms with Gasteiger partial charge in [-0.1, -0.05) is 0 Å². The first-order chi connectivity index (χ1) is 7.37. The van der Waals surface area contributed by atoms with Gasteiger partial charge < -0.3 is 5.11 Å². The highest BCUT2D eigenvalue weighted by molar-refractivity contribution is 14.1. The molecule has 0 aliphatic rings. The molecule has 3 nitrogen and oxygen atoms in total. The minimum atomic E-state index is -0.763. The summed E-state index contributed by atoms with van der Waals surface area (Å²) in [5.41, 5.74) is 0.268. The SMILES string of the molecule is CC(C)(O)Cn1ncc2cc(I)cc(Br)c21. The molecule has 16 heavy (non-hydrogen) atoms. The van der Waals surface area contributed by atoms with Crippen LogP contribution in [0.3, 0.4) is 0 Å². The summed E-state index contributed by atoms with van der Waals surface area (Å²) in [4.78, 5) is 0. The first-order valence-corrected chi connectivity index (χ1v) is 6.77. The van der Waals surface area contributed by atoms with Crippen LogP contribution in [-0.4, -0.2) is 20.5 Å². The molecule has 0 spiro atoms. The first kappa shape index (κ1) is 12.3. The number of nitrogens with zero attached hydrogens (tertiary/aromatic N) is 2. The number of hydrogen-bond acceptors (Lipinski definition) is 2. The van der Waals surface area contributed by atoms with E-state index >= 15 is 0 Å². The van der Waals surface area contributed by atoms with Crippen molar-refractivity contribution in [3.63, 3.8) is 0 Å². The molecule has 0 aliphatic heterocycles. The van der Waals surface area contributed by atoms with Gasteiger partial charge in [0.05, 0.1) is 23.9 Å². The van der Waals surface area contributed by atoms with Gasteiger partial charge in [-0.25, -0.2) is 0 Å². The molecule has 1 aromatic heterocycles. The normalized spacial score (nSPS) is 12.3. The van der Waals surface area contributed by atoms with Crippen LogP contribution in [0.25, 0.3) is 10.9 Å². The molecule has 5 heteroatoms. The first-order valence-electron chi connectivity index (χ1n) is 4.90. The number of rotatable bonds is 2. The number of aromatic nitrogens is 2. The summed E-state index contributed by atoms with van der Waals surface area (Å²) >= 11 is 5.81. The second-order valence-corrected chi connectivity index (χ2v) is 6.54. The molecule has 1 N–H and O–H groups in total. The lowest BCUT2D eigenvalue weighted by Gasteiger charge is -2.17. The fourth-order valence-electron chi connectivity index (χ4n) is 1.63. The third-order valence-corrected chi connectivity index (χ3v) is 3.42. The molecule has 0 amide bonds. The van der Waals surface area contributed by atoms with Crippen molar-refractivity contribution < 1.29 is 5.11 Å². The van der Waals surface area contributed by atoms with E-state index in [9.17, 15) is 5.11 Å². The smallest absolute Gasteiger partial charge is 0.0826 e. The molecule has 0 saturated carbocycles. The van der Waals surface area contributed by atoms with Crippen molar-refractivity contribution in [2.75, 3.05) is 0 Å². The van der Waals surface area contributed by atoms with E-state index < -0.39 is 5.60 Å². The predicted octanol–water partition coefficient (Wildman–Crippen LogP) is 3.17. The molecule has 0 bridgehead atoms. The molecule has 0 fully saturated rings. The molecule has 2 rings (SSSR count). The second-order valence-electron chi connectivity index (χ2n) is 4.44. The Morgan fingerprint density at radius 2 is 2.19 bits per heavy atom. The van der Waals surface area contributed by atoms with Crippen molar-refractivity contribution in [3.05, 3.63) is 26.4 Å². The Morgan fingerprint density at radius 1 is 1.50 bits per heavy atom. The zero-order valence-corrected chi connectivity index (χ0v) is 12.8. The van der Waals surface area contributed by atoms with Gasteiger partial charge in [-0.2, -0.15) is 5.10 Å². The van der Waals surface area contributed by atoms with Crippen LogP contribution in [0.5, 0.6) is 0 Å². The fourth-order valence-corrected chi connectivity index (χ4v) is 3.39. The summed E-state index contributed by atoms with van der Waals surface area (Å²) in [6.07, 6.45) is 1.83. The average molecular weight is 395 g/mol. The Hall–Kier alpha value is -0.140. The topological polar surface area (TPSA) is 38.0 Å². The largest absolute Gasteiger partial charge is 0.389 e. The lowest BCUT2D eigenvalue weighted by atomic mass is 10.1. The molecule has 0 saturated heterocycles. The summed E-state index contributed by atoms with van der Waals surface area (Å²) < 4.78 is 4.01. The van der Waals surface area contributed by atoms with Crippen LogP contribution >= 0.6 is 38.5 Å². The Morgan fingerprint density at radius 3 is 2.81 bits per heavy atom. The Bertz CT molecular complexity index is 530. The van der Waals surface area contributed by atoms with E-state index in [1.165, 1.54) is 3.57 Å². The van der Waals surface area contributed by atoms with Gasteiger partial charge >= 0.3 is 0 Å². The third kappa shape index (κ3) is 2.57. The monoisotopic (exact) mass is 394 g/mol. The van der Waals surface area contributed by atoms with Gasteiger partial charge in [0.15, 0.2) is 0 Å². The van der Waals surface area contributed by atoms with E-state index in [0.29, 0.717) is 6.54 Å². The highest BCUT2D eigenvalue weighted by Crippen LogP contribution is 2.27. The van der Waals surface area contributed by atoms with Crippen LogP contribution in [0.1, 0.15) is 13.8 Å². The summed E-state index contributed by atoms with van der Waals surface area (Å²) in [5, 5.41) is 15.2.